The Morgan fingerprint density at radius 2 is 2.00 bits per heavy atom. The number of benzene rings is 1. The molecule has 0 bridgehead atoms. The van der Waals surface area contributed by atoms with Crippen molar-refractivity contribution in [1.29, 1.82) is 0 Å². The molecule has 0 aliphatic heterocycles. The summed E-state index contributed by atoms with van der Waals surface area (Å²) in [6, 6.07) is 7.84. The number of rotatable bonds is 5. The molecular formula is C16H20N2OS. The van der Waals surface area contributed by atoms with Crippen LogP contribution in [0.25, 0.3) is 11.3 Å². The maximum absolute atomic E-state index is 11.8. The van der Waals surface area contributed by atoms with Gasteiger partial charge in [-0.2, -0.15) is 0 Å². The molecule has 1 N–H and O–H groups in total. The van der Waals surface area contributed by atoms with Gasteiger partial charge in [-0.3, -0.25) is 4.79 Å². The predicted molar refractivity (Wildman–Crippen MR) is 85.0 cm³/mol. The van der Waals surface area contributed by atoms with E-state index in [0.717, 1.165) is 28.4 Å². The van der Waals surface area contributed by atoms with Crippen LogP contribution < -0.4 is 5.32 Å². The molecule has 0 fully saturated rings. The molecule has 1 aromatic heterocycles. The molecule has 1 heterocycles. The molecule has 3 nitrogen and oxygen atoms in total. The van der Waals surface area contributed by atoms with Gasteiger partial charge in [-0.25, -0.2) is 4.98 Å². The van der Waals surface area contributed by atoms with Crippen molar-refractivity contribution in [3.05, 3.63) is 34.7 Å². The molecule has 0 saturated heterocycles. The van der Waals surface area contributed by atoms with Crippen LogP contribution in [0, 0.1) is 12.8 Å². The number of carbonyl (C=O) groups excluding carboxylic acids is 1. The first kappa shape index (κ1) is 14.7. The van der Waals surface area contributed by atoms with Crippen LogP contribution >= 0.6 is 11.3 Å². The van der Waals surface area contributed by atoms with Gasteiger partial charge in [0.15, 0.2) is 0 Å². The second-order valence-corrected chi connectivity index (χ2v) is 6.37. The third-order valence-electron chi connectivity index (χ3n) is 3.03. The van der Waals surface area contributed by atoms with E-state index in [1.54, 1.807) is 11.3 Å². The van der Waals surface area contributed by atoms with Crippen molar-refractivity contribution in [3.63, 3.8) is 0 Å². The van der Waals surface area contributed by atoms with E-state index in [2.05, 4.69) is 24.1 Å². The Hall–Kier alpha value is -1.68. The highest BCUT2D eigenvalue weighted by molar-refractivity contribution is 7.09. The number of anilines is 1. The summed E-state index contributed by atoms with van der Waals surface area (Å²) in [5.74, 6) is 0.631. The topological polar surface area (TPSA) is 42.0 Å². The minimum absolute atomic E-state index is 0.0796. The molecule has 0 radical (unpaired) electrons. The molecule has 1 aromatic carbocycles. The predicted octanol–water partition coefficient (Wildman–Crippen LogP) is 4.49. The van der Waals surface area contributed by atoms with Crippen LogP contribution in [0.3, 0.4) is 0 Å². The van der Waals surface area contributed by atoms with Crippen molar-refractivity contribution in [2.45, 2.75) is 33.6 Å². The van der Waals surface area contributed by atoms with Gasteiger partial charge in [0, 0.05) is 23.1 Å². The van der Waals surface area contributed by atoms with Crippen molar-refractivity contribution in [2.24, 2.45) is 5.92 Å². The normalized spacial score (nSPS) is 10.8. The highest BCUT2D eigenvalue weighted by Gasteiger charge is 2.05. The van der Waals surface area contributed by atoms with Crippen molar-refractivity contribution in [2.75, 3.05) is 5.32 Å². The molecule has 0 aliphatic carbocycles. The number of hydrogen-bond donors (Lipinski definition) is 1. The van der Waals surface area contributed by atoms with Crippen LogP contribution in [-0.2, 0) is 4.79 Å². The van der Waals surface area contributed by atoms with E-state index in [-0.39, 0.29) is 5.91 Å². The highest BCUT2D eigenvalue weighted by atomic mass is 32.1. The summed E-state index contributed by atoms with van der Waals surface area (Å²) < 4.78 is 0. The average molecular weight is 288 g/mol. The van der Waals surface area contributed by atoms with E-state index < -0.39 is 0 Å². The van der Waals surface area contributed by atoms with Gasteiger partial charge in [-0.05, 0) is 31.4 Å². The van der Waals surface area contributed by atoms with Crippen molar-refractivity contribution in [3.8, 4) is 11.3 Å². The summed E-state index contributed by atoms with van der Waals surface area (Å²) in [5, 5.41) is 6.03. The summed E-state index contributed by atoms with van der Waals surface area (Å²) in [4.78, 5) is 16.2. The fourth-order valence-corrected chi connectivity index (χ4v) is 2.49. The van der Waals surface area contributed by atoms with E-state index in [9.17, 15) is 4.79 Å². The SMILES string of the molecule is Cc1nc(-c2ccc(NC(=O)CCC(C)C)cc2)cs1. The van der Waals surface area contributed by atoms with Gasteiger partial charge in [-0.15, -0.1) is 11.3 Å². The molecule has 106 valence electrons. The number of thiazole rings is 1. The van der Waals surface area contributed by atoms with Gasteiger partial charge >= 0.3 is 0 Å². The van der Waals surface area contributed by atoms with Crippen LogP contribution in [0.1, 0.15) is 31.7 Å². The molecule has 20 heavy (non-hydrogen) atoms. The Bertz CT molecular complexity index is 572. The number of amides is 1. The van der Waals surface area contributed by atoms with Crippen LogP contribution in [0.4, 0.5) is 5.69 Å². The maximum atomic E-state index is 11.8. The summed E-state index contributed by atoms with van der Waals surface area (Å²) in [7, 11) is 0. The Morgan fingerprint density at radius 3 is 2.55 bits per heavy atom. The highest BCUT2D eigenvalue weighted by Crippen LogP contribution is 2.23. The van der Waals surface area contributed by atoms with E-state index in [0.29, 0.717) is 12.3 Å². The standard InChI is InChI=1S/C16H20N2OS/c1-11(2)4-9-16(19)18-14-7-5-13(6-8-14)15-10-20-12(3)17-15/h5-8,10-11H,4,9H2,1-3H3,(H,18,19). The lowest BCUT2D eigenvalue weighted by molar-refractivity contribution is -0.116. The molecule has 0 saturated carbocycles. The summed E-state index contributed by atoms with van der Waals surface area (Å²) in [6.45, 7) is 6.24. The van der Waals surface area contributed by atoms with E-state index >= 15 is 0 Å². The zero-order chi connectivity index (χ0) is 14.5. The average Bonchev–Trinajstić information content (AvgIpc) is 2.84. The largest absolute Gasteiger partial charge is 0.326 e. The minimum atomic E-state index is 0.0796. The first-order valence-electron chi connectivity index (χ1n) is 6.87. The number of carbonyl (C=O) groups is 1. The molecule has 2 aromatic rings. The van der Waals surface area contributed by atoms with Gasteiger partial charge in [0.2, 0.25) is 5.91 Å². The number of nitrogens with zero attached hydrogens (tertiary/aromatic N) is 1. The fourth-order valence-electron chi connectivity index (χ4n) is 1.86. The second kappa shape index (κ2) is 6.66. The lowest BCUT2D eigenvalue weighted by atomic mass is 10.1. The van der Waals surface area contributed by atoms with Crippen LogP contribution in [-0.4, -0.2) is 10.9 Å². The first-order chi connectivity index (χ1) is 9.54. The minimum Gasteiger partial charge on any atom is -0.326 e. The Balaban J connectivity index is 1.96. The Kier molecular flexibility index (Phi) is 4.90. The monoisotopic (exact) mass is 288 g/mol. The van der Waals surface area contributed by atoms with E-state index in [4.69, 9.17) is 0 Å². The molecule has 0 aliphatic rings. The lowest BCUT2D eigenvalue weighted by Gasteiger charge is -2.07. The zero-order valence-electron chi connectivity index (χ0n) is 12.1. The van der Waals surface area contributed by atoms with Gasteiger partial charge in [0.05, 0.1) is 10.7 Å². The molecule has 4 heteroatoms. The number of aryl methyl sites for hydroxylation is 1. The third kappa shape index (κ3) is 4.17. The summed E-state index contributed by atoms with van der Waals surface area (Å²) in [5.41, 5.74) is 2.91. The van der Waals surface area contributed by atoms with Crippen LogP contribution in [0.5, 0.6) is 0 Å². The van der Waals surface area contributed by atoms with Gasteiger partial charge < -0.3 is 5.32 Å². The number of nitrogens with one attached hydrogen (secondary N) is 1. The molecule has 0 spiro atoms. The van der Waals surface area contributed by atoms with E-state index in [1.165, 1.54) is 0 Å². The van der Waals surface area contributed by atoms with Crippen molar-refractivity contribution < 1.29 is 4.79 Å². The first-order valence-corrected chi connectivity index (χ1v) is 7.75. The van der Waals surface area contributed by atoms with Gasteiger partial charge in [0.25, 0.3) is 0 Å². The smallest absolute Gasteiger partial charge is 0.224 e. The molecule has 0 unspecified atom stereocenters. The van der Waals surface area contributed by atoms with Gasteiger partial charge in [-0.1, -0.05) is 26.0 Å². The lowest BCUT2D eigenvalue weighted by Crippen LogP contribution is -2.11. The van der Waals surface area contributed by atoms with Crippen LogP contribution in [0.2, 0.25) is 0 Å². The summed E-state index contributed by atoms with van der Waals surface area (Å²) in [6.07, 6.45) is 1.49. The molecule has 2 rings (SSSR count). The van der Waals surface area contributed by atoms with E-state index in [1.807, 2.05) is 36.6 Å². The van der Waals surface area contributed by atoms with Crippen molar-refractivity contribution >= 4 is 22.9 Å². The number of aromatic nitrogens is 1. The molecule has 0 atom stereocenters. The fraction of sp³-hybridized carbons (Fsp3) is 0.375. The Morgan fingerprint density at radius 1 is 1.30 bits per heavy atom. The third-order valence-corrected chi connectivity index (χ3v) is 3.81. The maximum Gasteiger partial charge on any atom is 0.224 e. The Labute approximate surface area is 124 Å². The molecular weight excluding hydrogens is 268 g/mol. The summed E-state index contributed by atoms with van der Waals surface area (Å²) >= 11 is 1.64. The second-order valence-electron chi connectivity index (χ2n) is 5.31. The zero-order valence-corrected chi connectivity index (χ0v) is 13.0. The molecule has 1 amide bonds. The van der Waals surface area contributed by atoms with Gasteiger partial charge in [0.1, 0.15) is 0 Å². The van der Waals surface area contributed by atoms with Crippen molar-refractivity contribution in [1.82, 2.24) is 4.98 Å². The quantitative estimate of drug-likeness (QED) is 0.880. The van der Waals surface area contributed by atoms with Crippen LogP contribution in [0.15, 0.2) is 29.6 Å². The number of hydrogen-bond acceptors (Lipinski definition) is 3.